The maximum absolute atomic E-state index is 13.5. The normalized spacial score (nSPS) is 35.3. The number of carboxylic acid groups (broad SMARTS) is 1. The standard InChI is InChI=1S/C18H15ClFNO4/c1-2-3-13-18-7-6-12(25-18)14(17(23)24)15(18)16(22)21(13)9-4-5-11(20)10(19)8-9/h2,4-8,12-15H,1,3H2,(H,23,24)/p-1/t12-,13+,14+,15-,18-/m1/s1. The van der Waals surface area contributed by atoms with E-state index in [1.807, 2.05) is 0 Å². The lowest BCUT2D eigenvalue weighted by Crippen LogP contribution is -2.46. The first kappa shape index (κ1) is 16.3. The summed E-state index contributed by atoms with van der Waals surface area (Å²) in [6.45, 7) is 3.72. The van der Waals surface area contributed by atoms with Crippen LogP contribution in [-0.4, -0.2) is 29.6 Å². The summed E-state index contributed by atoms with van der Waals surface area (Å²) in [5, 5.41) is 11.5. The molecule has 0 radical (unpaired) electrons. The summed E-state index contributed by atoms with van der Waals surface area (Å²) in [7, 11) is 0. The number of rotatable bonds is 4. The molecule has 1 aromatic rings. The summed E-state index contributed by atoms with van der Waals surface area (Å²) in [5.41, 5.74) is -0.661. The molecule has 0 aliphatic carbocycles. The van der Waals surface area contributed by atoms with Crippen LogP contribution in [-0.2, 0) is 14.3 Å². The van der Waals surface area contributed by atoms with Crippen molar-refractivity contribution >= 4 is 29.2 Å². The summed E-state index contributed by atoms with van der Waals surface area (Å²) in [4.78, 5) is 26.2. The fourth-order valence-corrected chi connectivity index (χ4v) is 4.48. The Bertz CT molecular complexity index is 825. The molecule has 0 unspecified atom stereocenters. The number of ether oxygens (including phenoxy) is 1. The van der Waals surface area contributed by atoms with Crippen molar-refractivity contribution in [2.24, 2.45) is 11.8 Å². The highest BCUT2D eigenvalue weighted by atomic mass is 35.5. The van der Waals surface area contributed by atoms with Crippen molar-refractivity contribution in [3.8, 4) is 0 Å². The predicted molar refractivity (Wildman–Crippen MR) is 86.2 cm³/mol. The second-order valence-corrected chi connectivity index (χ2v) is 6.87. The van der Waals surface area contributed by atoms with Crippen molar-refractivity contribution in [2.45, 2.75) is 24.2 Å². The van der Waals surface area contributed by atoms with Crippen LogP contribution < -0.4 is 10.0 Å². The molecule has 4 rings (SSSR count). The van der Waals surface area contributed by atoms with Gasteiger partial charge in [0.1, 0.15) is 11.4 Å². The minimum Gasteiger partial charge on any atom is -0.550 e. The Labute approximate surface area is 148 Å². The lowest BCUT2D eigenvalue weighted by Gasteiger charge is -2.32. The molecule has 7 heteroatoms. The van der Waals surface area contributed by atoms with E-state index in [0.717, 1.165) is 0 Å². The highest BCUT2D eigenvalue weighted by Crippen LogP contribution is 2.56. The molecule has 5 nitrogen and oxygen atoms in total. The number of hydrogen-bond donors (Lipinski definition) is 0. The average Bonchev–Trinajstić information content (AvgIpc) is 3.20. The molecule has 3 aliphatic rings. The van der Waals surface area contributed by atoms with Crippen LogP contribution >= 0.6 is 11.6 Å². The van der Waals surface area contributed by atoms with Crippen molar-refractivity contribution in [2.75, 3.05) is 4.90 Å². The van der Waals surface area contributed by atoms with E-state index < -0.39 is 47.3 Å². The highest BCUT2D eigenvalue weighted by Gasteiger charge is 2.69. The van der Waals surface area contributed by atoms with Gasteiger partial charge in [-0.15, -0.1) is 6.58 Å². The molecule has 130 valence electrons. The minimum absolute atomic E-state index is 0.116. The fraction of sp³-hybridized carbons (Fsp3) is 0.333. The fourth-order valence-electron chi connectivity index (χ4n) is 4.31. The first-order chi connectivity index (χ1) is 11.9. The quantitative estimate of drug-likeness (QED) is 0.760. The van der Waals surface area contributed by atoms with Gasteiger partial charge >= 0.3 is 0 Å². The maximum atomic E-state index is 13.5. The molecule has 3 aliphatic heterocycles. The van der Waals surface area contributed by atoms with Crippen LogP contribution in [0.4, 0.5) is 10.1 Å². The number of hydrogen-bond acceptors (Lipinski definition) is 4. The summed E-state index contributed by atoms with van der Waals surface area (Å²) >= 11 is 5.86. The Kier molecular flexibility index (Phi) is 3.53. The molecule has 2 fully saturated rings. The van der Waals surface area contributed by atoms with Crippen LogP contribution in [0.25, 0.3) is 0 Å². The number of carbonyl (C=O) groups is 2. The lowest BCUT2D eigenvalue weighted by molar-refractivity contribution is -0.313. The molecule has 0 aromatic heterocycles. The van der Waals surface area contributed by atoms with E-state index in [2.05, 4.69) is 6.58 Å². The minimum atomic E-state index is -1.31. The molecule has 1 aromatic carbocycles. The van der Waals surface area contributed by atoms with Gasteiger partial charge in [-0.05, 0) is 24.6 Å². The van der Waals surface area contributed by atoms with Crippen LogP contribution in [0.5, 0.6) is 0 Å². The molecule has 2 saturated heterocycles. The zero-order valence-corrected chi connectivity index (χ0v) is 13.8. The number of nitrogens with zero attached hydrogens (tertiary/aromatic N) is 1. The monoisotopic (exact) mass is 362 g/mol. The third kappa shape index (κ3) is 2.04. The van der Waals surface area contributed by atoms with Crippen LogP contribution in [0.2, 0.25) is 5.02 Å². The van der Waals surface area contributed by atoms with Gasteiger partial charge in [0, 0.05) is 17.6 Å². The number of halogens is 2. The van der Waals surface area contributed by atoms with E-state index in [1.54, 1.807) is 18.2 Å². The Morgan fingerprint density at radius 3 is 2.92 bits per heavy atom. The molecule has 0 saturated carbocycles. The van der Waals surface area contributed by atoms with E-state index in [0.29, 0.717) is 12.1 Å². The largest absolute Gasteiger partial charge is 0.550 e. The van der Waals surface area contributed by atoms with E-state index in [4.69, 9.17) is 16.3 Å². The van der Waals surface area contributed by atoms with Crippen LogP contribution in [0.1, 0.15) is 6.42 Å². The SMILES string of the molecule is C=CC[C@@H]1N(c2ccc(F)c(Cl)c2)C(=O)[C@H]2[C@@H](C(=O)[O-])[C@H]3C=C[C@@]12O3. The van der Waals surface area contributed by atoms with Crippen molar-refractivity contribution in [1.82, 2.24) is 0 Å². The third-order valence-corrected chi connectivity index (χ3v) is 5.55. The van der Waals surface area contributed by atoms with Crippen molar-refractivity contribution in [3.63, 3.8) is 0 Å². The van der Waals surface area contributed by atoms with Gasteiger partial charge in [-0.25, -0.2) is 4.39 Å². The first-order valence-electron chi connectivity index (χ1n) is 7.88. The molecule has 25 heavy (non-hydrogen) atoms. The van der Waals surface area contributed by atoms with E-state index >= 15 is 0 Å². The maximum Gasteiger partial charge on any atom is 0.234 e. The Morgan fingerprint density at radius 1 is 1.52 bits per heavy atom. The number of anilines is 1. The van der Waals surface area contributed by atoms with Crippen LogP contribution in [0.15, 0.2) is 43.0 Å². The molecular formula is C18H14ClFNO4-. The Morgan fingerprint density at radius 2 is 2.28 bits per heavy atom. The summed E-state index contributed by atoms with van der Waals surface area (Å²) < 4.78 is 19.5. The predicted octanol–water partition coefficient (Wildman–Crippen LogP) is 1.46. The van der Waals surface area contributed by atoms with Gasteiger partial charge in [0.2, 0.25) is 5.91 Å². The smallest absolute Gasteiger partial charge is 0.234 e. The lowest BCUT2D eigenvalue weighted by atomic mass is 9.74. The third-order valence-electron chi connectivity index (χ3n) is 5.27. The average molecular weight is 363 g/mol. The molecular weight excluding hydrogens is 349 g/mol. The Hall–Kier alpha value is -2.18. The number of amides is 1. The van der Waals surface area contributed by atoms with Gasteiger partial charge < -0.3 is 19.5 Å². The van der Waals surface area contributed by atoms with Crippen molar-refractivity contribution < 1.29 is 23.8 Å². The molecule has 3 heterocycles. The second-order valence-electron chi connectivity index (χ2n) is 6.46. The molecule has 2 bridgehead atoms. The number of fused-ring (bicyclic) bond motifs is 1. The van der Waals surface area contributed by atoms with Gasteiger partial charge in [0.15, 0.2) is 0 Å². The zero-order valence-electron chi connectivity index (χ0n) is 13.0. The summed E-state index contributed by atoms with van der Waals surface area (Å²) in [6, 6.07) is 3.48. The number of carbonyl (C=O) groups excluding carboxylic acids is 2. The first-order valence-corrected chi connectivity index (χ1v) is 8.25. The number of benzene rings is 1. The van der Waals surface area contributed by atoms with E-state index in [9.17, 15) is 19.1 Å². The van der Waals surface area contributed by atoms with Crippen LogP contribution in [0.3, 0.4) is 0 Å². The molecule has 0 N–H and O–H groups in total. The molecule has 1 spiro atoms. The molecule has 5 atom stereocenters. The number of aliphatic carboxylic acids is 1. The van der Waals surface area contributed by atoms with E-state index in [-0.39, 0.29) is 5.02 Å². The molecule has 1 amide bonds. The summed E-state index contributed by atoms with van der Waals surface area (Å²) in [5.74, 6) is -4.24. The second kappa shape index (κ2) is 5.41. The summed E-state index contributed by atoms with van der Waals surface area (Å²) in [6.07, 6.45) is 4.78. The number of carboxylic acids is 1. The Balaban J connectivity index is 1.84. The van der Waals surface area contributed by atoms with Crippen molar-refractivity contribution in [1.29, 1.82) is 0 Å². The highest BCUT2D eigenvalue weighted by molar-refractivity contribution is 6.31. The van der Waals surface area contributed by atoms with Gasteiger partial charge in [-0.2, -0.15) is 0 Å². The van der Waals surface area contributed by atoms with Gasteiger partial charge in [-0.1, -0.05) is 29.8 Å². The zero-order chi connectivity index (χ0) is 17.9. The van der Waals surface area contributed by atoms with Gasteiger partial charge in [0.25, 0.3) is 0 Å². The van der Waals surface area contributed by atoms with Crippen molar-refractivity contribution in [3.05, 3.63) is 53.8 Å². The van der Waals surface area contributed by atoms with Crippen LogP contribution in [0, 0.1) is 17.7 Å². The van der Waals surface area contributed by atoms with E-state index in [1.165, 1.54) is 23.1 Å². The van der Waals surface area contributed by atoms with Gasteiger partial charge in [-0.3, -0.25) is 4.79 Å². The van der Waals surface area contributed by atoms with Gasteiger partial charge in [0.05, 0.1) is 23.1 Å². The topological polar surface area (TPSA) is 69.7 Å².